The number of hydrogen-bond acceptors (Lipinski definition) is 5. The molecular formula is C76H144N2O6P+. The zero-order valence-electron chi connectivity index (χ0n) is 57.1. The molecule has 498 valence electrons. The molecule has 3 unspecified atom stereocenters. The van der Waals surface area contributed by atoms with Crippen LogP contribution >= 0.6 is 7.82 Å². The lowest BCUT2D eigenvalue weighted by molar-refractivity contribution is -0.870. The SMILES string of the molecule is CC/C=C\C/C=C\C/C=C\C/C=C\CCCCCCCCCCCCCCCCCCCCCCCCCCCCCCC(=O)NC(COP(=O)(O)OCC[N+](C)(C)C)C(O)/C=C/CC/C=C/CCCCCCCCCCCCCCCCCC. The smallest absolute Gasteiger partial charge is 0.387 e. The minimum absolute atomic E-state index is 0.0570. The number of rotatable bonds is 68. The molecule has 3 N–H and O–H groups in total. The number of likely N-dealkylation sites (N-methyl/N-ethyl adjacent to an activating group) is 1. The van der Waals surface area contributed by atoms with E-state index < -0.39 is 20.0 Å². The first-order valence-corrected chi connectivity index (χ1v) is 38.3. The predicted octanol–water partition coefficient (Wildman–Crippen LogP) is 23.7. The highest BCUT2D eigenvalue weighted by Crippen LogP contribution is 2.43. The summed E-state index contributed by atoms with van der Waals surface area (Å²) in [6, 6.07) is -0.865. The average Bonchev–Trinajstić information content (AvgIpc) is 3.48. The monoisotopic (exact) mass is 1210 g/mol. The molecule has 0 saturated heterocycles. The van der Waals surface area contributed by atoms with Gasteiger partial charge in [0, 0.05) is 6.42 Å². The molecule has 0 aliphatic rings. The predicted molar refractivity (Wildman–Crippen MR) is 373 cm³/mol. The second-order valence-corrected chi connectivity index (χ2v) is 27.7. The lowest BCUT2D eigenvalue weighted by atomic mass is 10.0. The molecule has 85 heavy (non-hydrogen) atoms. The fourth-order valence-corrected chi connectivity index (χ4v) is 11.7. The van der Waals surface area contributed by atoms with Gasteiger partial charge in [-0.3, -0.25) is 13.8 Å². The third kappa shape index (κ3) is 69.3. The van der Waals surface area contributed by atoms with Crippen molar-refractivity contribution >= 4 is 13.7 Å². The van der Waals surface area contributed by atoms with Gasteiger partial charge in [0.05, 0.1) is 39.9 Å². The van der Waals surface area contributed by atoms with Crippen molar-refractivity contribution in [1.29, 1.82) is 0 Å². The fraction of sp³-hybridized carbons (Fsp3) is 0.829. The Morgan fingerprint density at radius 2 is 0.718 bits per heavy atom. The Kier molecular flexibility index (Phi) is 64.8. The van der Waals surface area contributed by atoms with Crippen molar-refractivity contribution in [2.45, 2.75) is 366 Å². The molecule has 0 saturated carbocycles. The van der Waals surface area contributed by atoms with Crippen LogP contribution in [0.1, 0.15) is 354 Å². The van der Waals surface area contributed by atoms with Gasteiger partial charge in [0.2, 0.25) is 5.91 Å². The summed E-state index contributed by atoms with van der Waals surface area (Å²) in [6.45, 7) is 4.73. The summed E-state index contributed by atoms with van der Waals surface area (Å²) in [5.41, 5.74) is 0. The molecule has 3 atom stereocenters. The summed E-state index contributed by atoms with van der Waals surface area (Å²) in [6.07, 6.45) is 93.7. The Labute approximate surface area is 529 Å². The molecule has 0 rings (SSSR count). The lowest BCUT2D eigenvalue weighted by Crippen LogP contribution is -2.45. The van der Waals surface area contributed by atoms with E-state index >= 15 is 0 Å². The van der Waals surface area contributed by atoms with E-state index in [4.69, 9.17) is 9.05 Å². The minimum atomic E-state index is -4.36. The molecule has 0 aliphatic carbocycles. The number of nitrogens with one attached hydrogen (secondary N) is 1. The second kappa shape index (κ2) is 66.4. The van der Waals surface area contributed by atoms with E-state index in [0.717, 1.165) is 64.2 Å². The molecular weight excluding hydrogens is 1070 g/mol. The van der Waals surface area contributed by atoms with Gasteiger partial charge in [-0.25, -0.2) is 4.57 Å². The molecule has 0 aromatic carbocycles. The molecule has 0 bridgehead atoms. The van der Waals surface area contributed by atoms with Gasteiger partial charge in [0.15, 0.2) is 0 Å². The zero-order valence-corrected chi connectivity index (χ0v) is 58.0. The van der Waals surface area contributed by atoms with Crippen LogP contribution in [0.4, 0.5) is 0 Å². The Morgan fingerprint density at radius 1 is 0.412 bits per heavy atom. The van der Waals surface area contributed by atoms with E-state index in [1.54, 1.807) is 6.08 Å². The van der Waals surface area contributed by atoms with Crippen LogP contribution in [0.15, 0.2) is 72.9 Å². The Hall–Kier alpha value is -2.06. The highest BCUT2D eigenvalue weighted by Gasteiger charge is 2.28. The van der Waals surface area contributed by atoms with Gasteiger partial charge >= 0.3 is 7.82 Å². The summed E-state index contributed by atoms with van der Waals surface area (Å²) < 4.78 is 23.8. The zero-order chi connectivity index (χ0) is 61.9. The Morgan fingerprint density at radius 3 is 1.08 bits per heavy atom. The summed E-state index contributed by atoms with van der Waals surface area (Å²) >= 11 is 0. The molecule has 0 spiro atoms. The van der Waals surface area contributed by atoms with Crippen LogP contribution < -0.4 is 5.32 Å². The molecule has 0 aromatic rings. The number of phosphoric ester groups is 1. The molecule has 9 heteroatoms. The number of hydrogen-bond donors (Lipinski definition) is 3. The number of aliphatic hydroxyl groups is 1. The van der Waals surface area contributed by atoms with E-state index in [1.807, 2.05) is 27.2 Å². The van der Waals surface area contributed by atoms with Crippen molar-refractivity contribution in [1.82, 2.24) is 5.32 Å². The van der Waals surface area contributed by atoms with E-state index in [0.29, 0.717) is 17.4 Å². The first-order valence-electron chi connectivity index (χ1n) is 36.8. The van der Waals surface area contributed by atoms with Gasteiger partial charge in [0.1, 0.15) is 13.2 Å². The van der Waals surface area contributed by atoms with Crippen molar-refractivity contribution in [3.8, 4) is 0 Å². The van der Waals surface area contributed by atoms with Crippen molar-refractivity contribution in [2.24, 2.45) is 0 Å². The van der Waals surface area contributed by atoms with Crippen LogP contribution in [-0.4, -0.2) is 73.4 Å². The van der Waals surface area contributed by atoms with Gasteiger partial charge in [-0.15, -0.1) is 0 Å². The highest BCUT2D eigenvalue weighted by atomic mass is 31.2. The standard InChI is InChI=1S/C76H143N2O6P/c1-6-8-10-12-14-16-18-20-22-24-26-28-30-31-32-33-34-35-36-37-38-39-40-41-42-43-44-45-46-47-48-50-52-54-56-58-60-62-64-66-68-70-76(80)77-74(73-84-85(81,82)83-72-71-78(3,4)5)75(79)69-67-65-63-61-59-57-55-53-51-49-29-27-25-23-21-19-17-15-13-11-9-7-2/h8,10,14,16,20,22,26,28,59,61,67,69,74-75,79H,6-7,9,11-13,15,17-19,21,23-25,27,29-58,60,62-66,68,70-73H2,1-5H3,(H-,77,80,81,82)/p+1/b10-8-,16-14-,22-20-,28-26-,61-59+,69-67+. The van der Waals surface area contributed by atoms with Crippen LogP contribution in [0.5, 0.6) is 0 Å². The van der Waals surface area contributed by atoms with E-state index in [-0.39, 0.29) is 19.1 Å². The highest BCUT2D eigenvalue weighted by molar-refractivity contribution is 7.47. The molecule has 0 heterocycles. The van der Waals surface area contributed by atoms with Crippen molar-refractivity contribution in [3.05, 3.63) is 72.9 Å². The molecule has 1 amide bonds. The average molecular weight is 1210 g/mol. The van der Waals surface area contributed by atoms with Gasteiger partial charge in [-0.05, 0) is 70.6 Å². The third-order valence-corrected chi connectivity index (χ3v) is 17.6. The molecule has 0 radical (unpaired) electrons. The number of aliphatic hydroxyl groups excluding tert-OH is 1. The van der Waals surface area contributed by atoms with Crippen molar-refractivity contribution in [2.75, 3.05) is 40.9 Å². The minimum Gasteiger partial charge on any atom is -0.387 e. The molecule has 0 fully saturated rings. The summed E-state index contributed by atoms with van der Waals surface area (Å²) in [4.78, 5) is 23.4. The van der Waals surface area contributed by atoms with Crippen LogP contribution in [0.3, 0.4) is 0 Å². The van der Waals surface area contributed by atoms with E-state index in [2.05, 4.69) is 79.9 Å². The largest absolute Gasteiger partial charge is 0.472 e. The fourth-order valence-electron chi connectivity index (χ4n) is 11.0. The number of quaternary nitrogens is 1. The van der Waals surface area contributed by atoms with E-state index in [1.165, 1.54) is 270 Å². The molecule has 8 nitrogen and oxygen atoms in total. The summed E-state index contributed by atoms with van der Waals surface area (Å²) in [7, 11) is 1.57. The van der Waals surface area contributed by atoms with Crippen LogP contribution in [0.25, 0.3) is 0 Å². The summed E-state index contributed by atoms with van der Waals surface area (Å²) in [5.74, 6) is -0.180. The number of phosphoric acid groups is 1. The van der Waals surface area contributed by atoms with Gasteiger partial charge in [-0.1, -0.05) is 350 Å². The molecule has 0 aromatic heterocycles. The number of carbonyl (C=O) groups excluding carboxylic acids is 1. The maximum Gasteiger partial charge on any atom is 0.472 e. The number of carbonyl (C=O) groups is 1. The van der Waals surface area contributed by atoms with Crippen molar-refractivity contribution in [3.63, 3.8) is 0 Å². The third-order valence-electron chi connectivity index (χ3n) is 16.7. The maximum absolute atomic E-state index is 13.1. The first kappa shape index (κ1) is 82.9. The topological polar surface area (TPSA) is 105 Å². The van der Waals surface area contributed by atoms with Gasteiger partial charge in [-0.2, -0.15) is 0 Å². The number of unbranched alkanes of at least 4 members (excludes halogenated alkanes) is 45. The number of nitrogens with zero attached hydrogens (tertiary/aromatic N) is 1. The van der Waals surface area contributed by atoms with Gasteiger partial charge in [0.25, 0.3) is 0 Å². The number of allylic oxidation sites excluding steroid dienone is 11. The van der Waals surface area contributed by atoms with Crippen LogP contribution in [-0.2, 0) is 18.4 Å². The molecule has 0 aliphatic heterocycles. The summed E-state index contributed by atoms with van der Waals surface area (Å²) in [5, 5.41) is 14.0. The first-order chi connectivity index (χ1) is 41.5. The lowest BCUT2D eigenvalue weighted by Gasteiger charge is -2.25. The van der Waals surface area contributed by atoms with Crippen LogP contribution in [0.2, 0.25) is 0 Å². The number of amides is 1. The second-order valence-electron chi connectivity index (χ2n) is 26.3. The van der Waals surface area contributed by atoms with Gasteiger partial charge < -0.3 is 19.8 Å². The van der Waals surface area contributed by atoms with E-state index in [9.17, 15) is 19.4 Å². The normalized spacial score (nSPS) is 14.0. The van der Waals surface area contributed by atoms with Crippen LogP contribution in [0, 0.1) is 0 Å². The maximum atomic E-state index is 13.1. The Bertz CT molecular complexity index is 1620. The quantitative estimate of drug-likeness (QED) is 0.0243. The Balaban J connectivity index is 3.94. The van der Waals surface area contributed by atoms with Crippen molar-refractivity contribution < 1.29 is 32.9 Å².